The molecule has 5 nitrogen and oxygen atoms in total. The van der Waals surface area contributed by atoms with Crippen LogP contribution in [0, 0.1) is 23.3 Å². The van der Waals surface area contributed by atoms with Gasteiger partial charge in [0.15, 0.2) is 0 Å². The molecular weight excluding hydrogens is 516 g/mol. The molecule has 0 amide bonds. The number of nitrogens with one attached hydrogen (secondary N) is 1. The minimum atomic E-state index is -1.73. The molecule has 3 N–H and O–H groups in total. The van der Waals surface area contributed by atoms with Crippen LogP contribution in [-0.4, -0.2) is 60.5 Å². The fourth-order valence-electron chi connectivity index (χ4n) is 5.70. The molecule has 206 valence electrons. The van der Waals surface area contributed by atoms with Gasteiger partial charge in [-0.05, 0) is 60.6 Å². The minimum Gasteiger partial charge on any atom is -0.423 e. The summed E-state index contributed by atoms with van der Waals surface area (Å²) in [6.45, 7) is 3.26. The van der Waals surface area contributed by atoms with Crippen molar-refractivity contribution in [1.82, 2.24) is 4.90 Å². The maximum atomic E-state index is 15.8. The molecule has 1 fully saturated rings. The monoisotopic (exact) mass is 545 g/mol. The van der Waals surface area contributed by atoms with Crippen LogP contribution in [0.2, 0.25) is 0 Å². The Morgan fingerprint density at radius 1 is 0.949 bits per heavy atom. The van der Waals surface area contributed by atoms with Gasteiger partial charge in [-0.1, -0.05) is 18.2 Å². The number of halogens is 5. The molecule has 2 atom stereocenters. The Kier molecular flexibility index (Phi) is 7.84. The van der Waals surface area contributed by atoms with Gasteiger partial charge >= 0.3 is 7.12 Å². The van der Waals surface area contributed by atoms with Crippen LogP contribution < -0.4 is 15.7 Å². The first-order valence-electron chi connectivity index (χ1n) is 12.9. The van der Waals surface area contributed by atoms with Crippen molar-refractivity contribution in [3.63, 3.8) is 0 Å². The zero-order chi connectivity index (χ0) is 27.8. The van der Waals surface area contributed by atoms with Crippen molar-refractivity contribution in [3.05, 3.63) is 88.5 Å². The molecule has 3 aromatic rings. The number of fused-ring (bicyclic) bond motifs is 1. The largest absolute Gasteiger partial charge is 0.488 e. The minimum absolute atomic E-state index is 0.00494. The Morgan fingerprint density at radius 2 is 1.67 bits per heavy atom. The molecule has 2 aliphatic rings. The molecule has 3 aromatic carbocycles. The summed E-state index contributed by atoms with van der Waals surface area (Å²) < 4.78 is 72.8. The van der Waals surface area contributed by atoms with E-state index in [2.05, 4.69) is 5.32 Å². The summed E-state index contributed by atoms with van der Waals surface area (Å²) in [4.78, 5) is 3.58. The van der Waals surface area contributed by atoms with Crippen LogP contribution in [0.1, 0.15) is 36.1 Å². The lowest BCUT2D eigenvalue weighted by atomic mass is 9.75. The molecule has 0 bridgehead atoms. The number of hydrogen-bond donors (Lipinski definition) is 3. The first-order valence-corrected chi connectivity index (χ1v) is 12.9. The van der Waals surface area contributed by atoms with Crippen LogP contribution in [0.4, 0.5) is 33.3 Å². The van der Waals surface area contributed by atoms with Crippen LogP contribution in [0.15, 0.2) is 48.5 Å². The van der Waals surface area contributed by atoms with Crippen molar-refractivity contribution in [2.75, 3.05) is 36.5 Å². The SMILES string of the molecule is C[C@@H]1Cc2cc(B(O)O)ccc2C(c2c(F)cc(NC3CN(CCCF)C3)cc2F)N1c1ccc(F)cc1F. The Morgan fingerprint density at radius 3 is 2.31 bits per heavy atom. The lowest BCUT2D eigenvalue weighted by Gasteiger charge is -2.44. The Balaban J connectivity index is 1.54. The predicted molar refractivity (Wildman–Crippen MR) is 141 cm³/mol. The summed E-state index contributed by atoms with van der Waals surface area (Å²) in [5.74, 6) is -3.31. The number of rotatable bonds is 8. The fraction of sp³-hybridized carbons (Fsp3) is 0.357. The third kappa shape index (κ3) is 5.48. The summed E-state index contributed by atoms with van der Waals surface area (Å²) in [7, 11) is -1.73. The van der Waals surface area contributed by atoms with E-state index < -0.39 is 49.1 Å². The molecular formula is C28H29BF5N3O2. The molecule has 39 heavy (non-hydrogen) atoms. The van der Waals surface area contributed by atoms with E-state index >= 15 is 13.2 Å². The highest BCUT2D eigenvalue weighted by atomic mass is 19.1. The van der Waals surface area contributed by atoms with E-state index in [9.17, 15) is 18.8 Å². The molecule has 1 saturated heterocycles. The van der Waals surface area contributed by atoms with E-state index in [1.165, 1.54) is 29.2 Å². The zero-order valence-corrected chi connectivity index (χ0v) is 21.3. The number of likely N-dealkylation sites (tertiary alicyclic amines) is 1. The van der Waals surface area contributed by atoms with Crippen molar-refractivity contribution >= 4 is 24.0 Å². The first-order chi connectivity index (χ1) is 18.7. The normalized spacial score (nSPS) is 19.5. The molecule has 11 heteroatoms. The van der Waals surface area contributed by atoms with Gasteiger partial charge < -0.3 is 20.3 Å². The summed E-state index contributed by atoms with van der Waals surface area (Å²) in [6, 6.07) is 8.44. The third-order valence-corrected chi connectivity index (χ3v) is 7.50. The van der Waals surface area contributed by atoms with E-state index in [0.29, 0.717) is 43.6 Å². The zero-order valence-electron chi connectivity index (χ0n) is 21.3. The van der Waals surface area contributed by atoms with Gasteiger partial charge in [0.25, 0.3) is 0 Å². The smallest absolute Gasteiger partial charge is 0.423 e. The molecule has 1 unspecified atom stereocenters. The van der Waals surface area contributed by atoms with Crippen molar-refractivity contribution in [2.24, 2.45) is 0 Å². The lowest BCUT2D eigenvalue weighted by Crippen LogP contribution is -2.54. The molecule has 0 saturated carbocycles. The maximum Gasteiger partial charge on any atom is 0.488 e. The number of alkyl halides is 1. The lowest BCUT2D eigenvalue weighted by molar-refractivity contribution is 0.155. The Hall–Kier alpha value is -3.15. The average Bonchev–Trinajstić information content (AvgIpc) is 2.85. The highest BCUT2D eigenvalue weighted by Gasteiger charge is 2.38. The fourth-order valence-corrected chi connectivity index (χ4v) is 5.70. The molecule has 0 spiro atoms. The second-order valence-corrected chi connectivity index (χ2v) is 10.3. The standard InChI is InChI=1S/C28H29BF5N3O2/c1-16-9-17-10-18(29(38)39)3-5-22(17)28(37(16)26-6-4-19(31)11-23(26)32)27-24(33)12-20(13-25(27)34)35-21-14-36(15-21)8-2-7-30/h3-6,10-13,16,21,28,35,38-39H,2,7-9,14-15H2,1H3/t16-,28?/m1/s1. The van der Waals surface area contributed by atoms with Crippen molar-refractivity contribution in [1.29, 1.82) is 0 Å². The van der Waals surface area contributed by atoms with E-state index in [4.69, 9.17) is 0 Å². The van der Waals surface area contributed by atoms with Gasteiger partial charge in [-0.15, -0.1) is 0 Å². The van der Waals surface area contributed by atoms with Gasteiger partial charge in [0, 0.05) is 37.4 Å². The van der Waals surface area contributed by atoms with Gasteiger partial charge in [-0.2, -0.15) is 0 Å². The highest BCUT2D eigenvalue weighted by molar-refractivity contribution is 6.58. The van der Waals surface area contributed by atoms with Crippen LogP contribution in [-0.2, 0) is 6.42 Å². The van der Waals surface area contributed by atoms with Crippen molar-refractivity contribution < 1.29 is 32.0 Å². The Bertz CT molecular complexity index is 1330. The predicted octanol–water partition coefficient (Wildman–Crippen LogP) is 3.92. The van der Waals surface area contributed by atoms with Crippen LogP contribution in [0.3, 0.4) is 0 Å². The average molecular weight is 545 g/mol. The summed E-state index contributed by atoms with van der Waals surface area (Å²) in [5, 5.41) is 22.4. The molecule has 2 aliphatic heterocycles. The summed E-state index contributed by atoms with van der Waals surface area (Å²) >= 11 is 0. The number of nitrogens with zero attached hydrogens (tertiary/aromatic N) is 2. The molecule has 0 radical (unpaired) electrons. The van der Waals surface area contributed by atoms with Gasteiger partial charge in [0.2, 0.25) is 0 Å². The molecule has 0 aromatic heterocycles. The van der Waals surface area contributed by atoms with Crippen molar-refractivity contribution in [2.45, 2.75) is 37.9 Å². The van der Waals surface area contributed by atoms with Gasteiger partial charge in [0.05, 0.1) is 30.0 Å². The van der Waals surface area contributed by atoms with Crippen LogP contribution in [0.25, 0.3) is 0 Å². The van der Waals surface area contributed by atoms with Gasteiger partial charge in [-0.3, -0.25) is 9.29 Å². The number of hydrogen-bond acceptors (Lipinski definition) is 5. The summed E-state index contributed by atoms with van der Waals surface area (Å²) in [5.41, 5.74) is 1.29. The third-order valence-electron chi connectivity index (χ3n) is 7.50. The van der Waals surface area contributed by atoms with E-state index in [0.717, 1.165) is 12.1 Å². The number of anilines is 2. The summed E-state index contributed by atoms with van der Waals surface area (Å²) in [6.07, 6.45) is 0.766. The van der Waals surface area contributed by atoms with E-state index in [-0.39, 0.29) is 28.4 Å². The second-order valence-electron chi connectivity index (χ2n) is 10.3. The molecule has 2 heterocycles. The van der Waals surface area contributed by atoms with E-state index in [1.54, 1.807) is 19.1 Å². The van der Waals surface area contributed by atoms with Crippen LogP contribution in [0.5, 0.6) is 0 Å². The van der Waals surface area contributed by atoms with E-state index in [1.807, 2.05) is 4.90 Å². The number of benzene rings is 3. The molecule has 0 aliphatic carbocycles. The maximum absolute atomic E-state index is 15.8. The van der Waals surface area contributed by atoms with Gasteiger partial charge in [0.1, 0.15) is 23.3 Å². The second kappa shape index (κ2) is 11.2. The molecule has 5 rings (SSSR count). The Labute approximate surface area is 224 Å². The van der Waals surface area contributed by atoms with Crippen molar-refractivity contribution in [3.8, 4) is 0 Å². The quantitative estimate of drug-likeness (QED) is 0.296. The van der Waals surface area contributed by atoms with Crippen LogP contribution >= 0.6 is 0 Å². The topological polar surface area (TPSA) is 59.0 Å². The first kappa shape index (κ1) is 27.4. The van der Waals surface area contributed by atoms with Gasteiger partial charge in [-0.25, -0.2) is 17.6 Å². The highest BCUT2D eigenvalue weighted by Crippen LogP contribution is 2.44.